The van der Waals surface area contributed by atoms with Crippen molar-refractivity contribution < 1.29 is 23.8 Å². The number of rotatable bonds is 10. The predicted octanol–water partition coefficient (Wildman–Crippen LogP) is 4.22. The van der Waals surface area contributed by atoms with Gasteiger partial charge in [-0.15, -0.1) is 11.3 Å². The van der Waals surface area contributed by atoms with Gasteiger partial charge in [0.05, 0.1) is 25.3 Å². The van der Waals surface area contributed by atoms with Crippen molar-refractivity contribution in [3.8, 4) is 11.5 Å². The highest BCUT2D eigenvalue weighted by Gasteiger charge is 2.16. The van der Waals surface area contributed by atoms with Crippen LogP contribution < -0.4 is 14.8 Å². The summed E-state index contributed by atoms with van der Waals surface area (Å²) in [6.07, 6.45) is 0.923. The molecule has 0 saturated carbocycles. The van der Waals surface area contributed by atoms with Crippen LogP contribution in [0.2, 0.25) is 0 Å². The fraction of sp³-hybridized carbons (Fsp3) is 0.429. The fourth-order valence-electron chi connectivity index (χ4n) is 2.42. The summed E-state index contributed by atoms with van der Waals surface area (Å²) in [5.41, 5.74) is 0.298. The highest BCUT2D eigenvalue weighted by molar-refractivity contribution is 7.10. The summed E-state index contributed by atoms with van der Waals surface area (Å²) in [4.78, 5) is 25.3. The molecule has 0 radical (unpaired) electrons. The van der Waals surface area contributed by atoms with E-state index in [4.69, 9.17) is 14.2 Å². The Labute approximate surface area is 169 Å². The van der Waals surface area contributed by atoms with Gasteiger partial charge >= 0.3 is 5.97 Å². The van der Waals surface area contributed by atoms with Crippen LogP contribution in [0, 0.1) is 5.92 Å². The van der Waals surface area contributed by atoms with Gasteiger partial charge in [0, 0.05) is 4.88 Å². The van der Waals surface area contributed by atoms with Crippen LogP contribution >= 0.6 is 11.3 Å². The number of hydrogen-bond acceptors (Lipinski definition) is 6. The van der Waals surface area contributed by atoms with Crippen LogP contribution in [0.25, 0.3) is 0 Å². The second kappa shape index (κ2) is 10.7. The number of nitrogens with one attached hydrogen (secondary N) is 1. The van der Waals surface area contributed by atoms with Gasteiger partial charge in [-0.05, 0) is 48.9 Å². The van der Waals surface area contributed by atoms with E-state index in [1.807, 2.05) is 24.4 Å². The van der Waals surface area contributed by atoms with Gasteiger partial charge in [0.1, 0.15) is 0 Å². The minimum absolute atomic E-state index is 0.131. The highest BCUT2D eigenvalue weighted by Crippen LogP contribution is 2.28. The van der Waals surface area contributed by atoms with Crippen LogP contribution in [0.1, 0.15) is 48.5 Å². The van der Waals surface area contributed by atoms with Gasteiger partial charge in [-0.1, -0.05) is 19.9 Å². The molecule has 1 N–H and O–H groups in total. The molecule has 1 heterocycles. The van der Waals surface area contributed by atoms with Crippen LogP contribution in [0.3, 0.4) is 0 Å². The van der Waals surface area contributed by atoms with Gasteiger partial charge in [-0.3, -0.25) is 4.79 Å². The lowest BCUT2D eigenvalue weighted by molar-refractivity contribution is -0.124. The van der Waals surface area contributed by atoms with Gasteiger partial charge in [-0.2, -0.15) is 0 Å². The largest absolute Gasteiger partial charge is 0.493 e. The summed E-state index contributed by atoms with van der Waals surface area (Å²) in [6.45, 7) is 6.35. The molecule has 28 heavy (non-hydrogen) atoms. The van der Waals surface area contributed by atoms with E-state index in [0.717, 1.165) is 11.3 Å². The molecule has 1 amide bonds. The van der Waals surface area contributed by atoms with E-state index in [-0.39, 0.29) is 18.6 Å². The Morgan fingerprint density at radius 3 is 2.57 bits per heavy atom. The number of esters is 1. The third-order valence-electron chi connectivity index (χ3n) is 4.03. The van der Waals surface area contributed by atoms with E-state index in [1.165, 1.54) is 7.11 Å². The Balaban J connectivity index is 1.88. The Bertz CT molecular complexity index is 773. The summed E-state index contributed by atoms with van der Waals surface area (Å²) >= 11 is 1.56. The number of hydrogen-bond donors (Lipinski definition) is 1. The van der Waals surface area contributed by atoms with Crippen LogP contribution in [0.4, 0.5) is 0 Å². The van der Waals surface area contributed by atoms with Gasteiger partial charge < -0.3 is 19.5 Å². The van der Waals surface area contributed by atoms with E-state index in [1.54, 1.807) is 29.5 Å². The lowest BCUT2D eigenvalue weighted by Crippen LogP contribution is -2.30. The van der Waals surface area contributed by atoms with Gasteiger partial charge in [0.25, 0.3) is 5.91 Å². The van der Waals surface area contributed by atoms with Crippen LogP contribution in [0.15, 0.2) is 35.7 Å². The normalized spacial score (nSPS) is 11.8. The van der Waals surface area contributed by atoms with E-state index < -0.39 is 5.97 Å². The molecule has 1 aromatic heterocycles. The predicted molar refractivity (Wildman–Crippen MR) is 109 cm³/mol. The van der Waals surface area contributed by atoms with E-state index in [9.17, 15) is 9.59 Å². The van der Waals surface area contributed by atoms with Crippen molar-refractivity contribution in [2.24, 2.45) is 5.92 Å². The number of carbonyl (C=O) groups excluding carboxylic acids is 2. The van der Waals surface area contributed by atoms with E-state index >= 15 is 0 Å². The number of benzene rings is 1. The minimum Gasteiger partial charge on any atom is -0.493 e. The van der Waals surface area contributed by atoms with Crippen LogP contribution in [-0.4, -0.2) is 32.2 Å². The molecule has 0 aliphatic heterocycles. The third kappa shape index (κ3) is 6.56. The zero-order chi connectivity index (χ0) is 20.5. The number of amides is 1. The molecule has 0 aliphatic rings. The average Bonchev–Trinajstić information content (AvgIpc) is 3.21. The molecular weight excluding hydrogens is 378 g/mol. The quantitative estimate of drug-likeness (QED) is 0.599. The van der Waals surface area contributed by atoms with Crippen LogP contribution in [-0.2, 0) is 9.53 Å². The first-order chi connectivity index (χ1) is 13.4. The van der Waals surface area contributed by atoms with Gasteiger partial charge in [0.15, 0.2) is 18.1 Å². The fourth-order valence-corrected chi connectivity index (χ4v) is 3.16. The van der Waals surface area contributed by atoms with E-state index in [0.29, 0.717) is 29.6 Å². The molecule has 152 valence electrons. The van der Waals surface area contributed by atoms with Crippen molar-refractivity contribution in [3.63, 3.8) is 0 Å². The summed E-state index contributed by atoms with van der Waals surface area (Å²) in [5.74, 6) is 0.617. The van der Waals surface area contributed by atoms with Gasteiger partial charge in [-0.25, -0.2) is 4.79 Å². The Hall–Kier alpha value is -2.54. The molecule has 7 heteroatoms. The summed E-state index contributed by atoms with van der Waals surface area (Å²) in [5, 5.41) is 4.75. The second-order valence-corrected chi connectivity index (χ2v) is 7.76. The van der Waals surface area contributed by atoms with Crippen molar-refractivity contribution in [2.75, 3.05) is 20.3 Å². The molecule has 2 rings (SSSR count). The SMILES string of the molecule is COc1cc(C(=O)OCC(=O)NC(C)c2cccs2)ccc1OCCC(C)C. The summed E-state index contributed by atoms with van der Waals surface area (Å²) < 4.78 is 16.1. The van der Waals surface area contributed by atoms with Crippen LogP contribution in [0.5, 0.6) is 11.5 Å². The first kappa shape index (κ1) is 21.8. The smallest absolute Gasteiger partial charge is 0.338 e. The molecule has 1 atom stereocenters. The molecule has 0 bridgehead atoms. The van der Waals surface area contributed by atoms with Crippen molar-refractivity contribution in [1.82, 2.24) is 5.32 Å². The Morgan fingerprint density at radius 1 is 1.14 bits per heavy atom. The number of thiophene rings is 1. The molecule has 1 aromatic carbocycles. The standard InChI is InChI=1S/C21H27NO5S/c1-14(2)9-10-26-17-8-7-16(12-18(17)25-4)21(24)27-13-20(23)22-15(3)19-6-5-11-28-19/h5-8,11-12,14-15H,9-10,13H2,1-4H3,(H,22,23). The van der Waals surface area contributed by atoms with Crippen molar-refractivity contribution in [1.29, 1.82) is 0 Å². The molecule has 2 aromatic rings. The zero-order valence-electron chi connectivity index (χ0n) is 16.7. The molecule has 0 fully saturated rings. The molecule has 1 unspecified atom stereocenters. The zero-order valence-corrected chi connectivity index (χ0v) is 17.5. The maximum Gasteiger partial charge on any atom is 0.338 e. The van der Waals surface area contributed by atoms with E-state index in [2.05, 4.69) is 19.2 Å². The lowest BCUT2D eigenvalue weighted by atomic mass is 10.1. The first-order valence-corrected chi connectivity index (χ1v) is 10.1. The highest BCUT2D eigenvalue weighted by atomic mass is 32.1. The van der Waals surface area contributed by atoms with Crippen molar-refractivity contribution in [3.05, 3.63) is 46.2 Å². The number of ether oxygens (including phenoxy) is 3. The maximum absolute atomic E-state index is 12.2. The summed E-state index contributed by atoms with van der Waals surface area (Å²) in [7, 11) is 1.51. The molecule has 0 saturated heterocycles. The van der Waals surface area contributed by atoms with Gasteiger partial charge in [0.2, 0.25) is 0 Å². The topological polar surface area (TPSA) is 73.9 Å². The second-order valence-electron chi connectivity index (χ2n) is 6.78. The molecule has 0 aliphatic carbocycles. The third-order valence-corrected chi connectivity index (χ3v) is 5.09. The molecule has 6 nitrogen and oxygen atoms in total. The Morgan fingerprint density at radius 2 is 1.93 bits per heavy atom. The monoisotopic (exact) mass is 405 g/mol. The molecular formula is C21H27NO5S. The summed E-state index contributed by atoms with van der Waals surface area (Å²) in [6, 6.07) is 8.56. The number of carbonyl (C=O) groups is 2. The number of methoxy groups -OCH3 is 1. The first-order valence-electron chi connectivity index (χ1n) is 9.21. The lowest BCUT2D eigenvalue weighted by Gasteiger charge is -2.14. The average molecular weight is 406 g/mol. The van der Waals surface area contributed by atoms with Crippen molar-refractivity contribution in [2.45, 2.75) is 33.2 Å². The van der Waals surface area contributed by atoms with Crippen molar-refractivity contribution >= 4 is 23.2 Å². The maximum atomic E-state index is 12.2. The minimum atomic E-state index is -0.592. The molecule has 0 spiro atoms. The Kier molecular flexibility index (Phi) is 8.32.